The normalized spacial score (nSPS) is 19.4. The maximum atomic E-state index is 13.8. The van der Waals surface area contributed by atoms with E-state index in [9.17, 15) is 9.90 Å². The molecule has 2 aliphatic heterocycles. The van der Waals surface area contributed by atoms with Crippen molar-refractivity contribution in [3.05, 3.63) is 65.9 Å². The third kappa shape index (κ3) is 4.42. The number of aromatic amines is 1. The summed E-state index contributed by atoms with van der Waals surface area (Å²) >= 11 is 6.62. The molecular formula is C30H32ClN3O3. The Labute approximate surface area is 221 Å². The SMILES string of the molecule is C[C@@H](Cl)[C@@H]1CN(C(=O)c2cc3cc(OCC4CCN(C)CC4)ccc3[nH]2)c2cc(O)c3ccccc3c21. The number of piperidine rings is 1. The Morgan fingerprint density at radius 1 is 1.14 bits per heavy atom. The number of phenolic OH excluding ortho intramolecular Hbond substituents is 1. The maximum Gasteiger partial charge on any atom is 0.274 e. The molecule has 0 spiro atoms. The van der Waals surface area contributed by atoms with Crippen molar-refractivity contribution in [3.8, 4) is 11.5 Å². The summed E-state index contributed by atoms with van der Waals surface area (Å²) in [6.07, 6.45) is 2.32. The van der Waals surface area contributed by atoms with Crippen LogP contribution in [-0.4, -0.2) is 59.6 Å². The molecule has 1 fully saturated rings. The highest BCUT2D eigenvalue weighted by Gasteiger charge is 2.37. The number of hydrogen-bond acceptors (Lipinski definition) is 4. The molecule has 0 unspecified atom stereocenters. The Morgan fingerprint density at radius 2 is 1.89 bits per heavy atom. The Balaban J connectivity index is 1.27. The third-order valence-electron chi connectivity index (χ3n) is 8.03. The Kier molecular flexibility index (Phi) is 6.25. The summed E-state index contributed by atoms with van der Waals surface area (Å²) in [5.41, 5.74) is 3.13. The molecule has 7 heteroatoms. The number of phenols is 1. The number of anilines is 1. The first-order valence-electron chi connectivity index (χ1n) is 13.0. The number of amides is 1. The van der Waals surface area contributed by atoms with Crippen molar-refractivity contribution >= 4 is 44.9 Å². The van der Waals surface area contributed by atoms with E-state index in [-0.39, 0.29) is 23.0 Å². The zero-order valence-electron chi connectivity index (χ0n) is 21.2. The zero-order chi connectivity index (χ0) is 25.7. The lowest BCUT2D eigenvalue weighted by atomic mass is 9.92. The van der Waals surface area contributed by atoms with Gasteiger partial charge in [-0.15, -0.1) is 11.6 Å². The number of carbonyl (C=O) groups excluding carboxylic acids is 1. The van der Waals surface area contributed by atoms with Gasteiger partial charge in [-0.2, -0.15) is 0 Å². The first kappa shape index (κ1) is 24.1. The zero-order valence-corrected chi connectivity index (χ0v) is 22.0. The molecular weight excluding hydrogens is 486 g/mol. The number of alkyl halides is 1. The van der Waals surface area contributed by atoms with Crippen molar-refractivity contribution in [2.75, 3.05) is 38.2 Å². The minimum Gasteiger partial charge on any atom is -0.507 e. The van der Waals surface area contributed by atoms with E-state index in [0.717, 1.165) is 71.2 Å². The second-order valence-electron chi connectivity index (χ2n) is 10.6. The second kappa shape index (κ2) is 9.58. The molecule has 3 aromatic carbocycles. The number of ether oxygens (including phenoxy) is 1. The van der Waals surface area contributed by atoms with Crippen LogP contribution in [0.5, 0.6) is 11.5 Å². The molecule has 4 aromatic rings. The van der Waals surface area contributed by atoms with Gasteiger partial charge in [0.2, 0.25) is 0 Å². The van der Waals surface area contributed by atoms with Crippen LogP contribution in [0.15, 0.2) is 54.6 Å². The van der Waals surface area contributed by atoms with Crippen molar-refractivity contribution in [1.29, 1.82) is 0 Å². The van der Waals surface area contributed by atoms with Gasteiger partial charge in [-0.1, -0.05) is 24.3 Å². The molecule has 2 aliphatic rings. The van der Waals surface area contributed by atoms with Crippen LogP contribution in [0.25, 0.3) is 21.7 Å². The number of benzene rings is 3. The number of halogens is 1. The van der Waals surface area contributed by atoms with E-state index < -0.39 is 0 Å². The number of nitrogens with one attached hydrogen (secondary N) is 1. The van der Waals surface area contributed by atoms with E-state index in [2.05, 4.69) is 16.9 Å². The molecule has 0 radical (unpaired) electrons. The van der Waals surface area contributed by atoms with Crippen LogP contribution in [0.2, 0.25) is 0 Å². The fraction of sp³-hybridized carbons (Fsp3) is 0.367. The van der Waals surface area contributed by atoms with Crippen molar-refractivity contribution < 1.29 is 14.6 Å². The van der Waals surface area contributed by atoms with Crippen LogP contribution in [0.1, 0.15) is 41.7 Å². The van der Waals surface area contributed by atoms with E-state index in [0.29, 0.717) is 18.2 Å². The fourth-order valence-corrected chi connectivity index (χ4v) is 6.04. The van der Waals surface area contributed by atoms with Crippen LogP contribution in [0.3, 0.4) is 0 Å². The predicted molar refractivity (Wildman–Crippen MR) is 149 cm³/mol. The third-order valence-corrected chi connectivity index (χ3v) is 8.33. The molecule has 6 rings (SSSR count). The number of nitrogens with zero attached hydrogens (tertiary/aromatic N) is 2. The molecule has 2 atom stereocenters. The van der Waals surface area contributed by atoms with Gasteiger partial charge in [0, 0.05) is 40.2 Å². The topological polar surface area (TPSA) is 68.8 Å². The molecule has 1 aromatic heterocycles. The highest BCUT2D eigenvalue weighted by Crippen LogP contribution is 2.47. The molecule has 6 nitrogen and oxygen atoms in total. The lowest BCUT2D eigenvalue weighted by Crippen LogP contribution is -2.32. The number of aromatic hydroxyl groups is 1. The number of H-pyrrole nitrogens is 1. The first-order chi connectivity index (χ1) is 17.9. The van der Waals surface area contributed by atoms with Gasteiger partial charge in [0.1, 0.15) is 17.2 Å². The van der Waals surface area contributed by atoms with E-state index in [1.807, 2.05) is 55.5 Å². The molecule has 1 amide bonds. The molecule has 1 saturated heterocycles. The average molecular weight is 518 g/mol. The highest BCUT2D eigenvalue weighted by atomic mass is 35.5. The molecule has 192 valence electrons. The number of rotatable bonds is 5. The standard InChI is InChI=1S/C30H32ClN3O3/c1-18(31)24-16-34(27-15-28(35)22-5-3-4-6-23(22)29(24)27)30(36)26-14-20-13-21(7-8-25(20)32-26)37-17-19-9-11-33(2)12-10-19/h3-8,13-15,18-19,24,32,35H,9-12,16-17H2,1-2H3/t18-,24+/m1/s1. The van der Waals surface area contributed by atoms with Crippen LogP contribution in [-0.2, 0) is 0 Å². The van der Waals surface area contributed by atoms with Crippen molar-refractivity contribution in [2.45, 2.75) is 31.1 Å². The first-order valence-corrected chi connectivity index (χ1v) is 13.5. The Hall–Kier alpha value is -3.22. The maximum absolute atomic E-state index is 13.8. The minimum atomic E-state index is -0.170. The largest absolute Gasteiger partial charge is 0.507 e. The van der Waals surface area contributed by atoms with E-state index in [1.54, 1.807) is 11.0 Å². The summed E-state index contributed by atoms with van der Waals surface area (Å²) in [6.45, 7) is 5.38. The van der Waals surface area contributed by atoms with Crippen molar-refractivity contribution in [3.63, 3.8) is 0 Å². The Morgan fingerprint density at radius 3 is 2.65 bits per heavy atom. The van der Waals surface area contributed by atoms with Gasteiger partial charge in [-0.3, -0.25) is 4.79 Å². The van der Waals surface area contributed by atoms with Crippen LogP contribution < -0.4 is 9.64 Å². The van der Waals surface area contributed by atoms with E-state index in [1.165, 1.54) is 0 Å². The van der Waals surface area contributed by atoms with Crippen LogP contribution in [0, 0.1) is 5.92 Å². The van der Waals surface area contributed by atoms with Crippen molar-refractivity contribution in [2.24, 2.45) is 5.92 Å². The monoisotopic (exact) mass is 517 g/mol. The number of aromatic nitrogens is 1. The minimum absolute atomic E-state index is 0.0323. The molecule has 0 aliphatic carbocycles. The summed E-state index contributed by atoms with van der Waals surface area (Å²) in [4.78, 5) is 21.2. The van der Waals surface area contributed by atoms with Crippen LogP contribution >= 0.6 is 11.6 Å². The molecule has 3 heterocycles. The fourth-order valence-electron chi connectivity index (χ4n) is 5.83. The summed E-state index contributed by atoms with van der Waals surface area (Å²) < 4.78 is 6.13. The van der Waals surface area contributed by atoms with E-state index in [4.69, 9.17) is 16.3 Å². The molecule has 0 bridgehead atoms. The van der Waals surface area contributed by atoms with Gasteiger partial charge in [-0.25, -0.2) is 0 Å². The number of fused-ring (bicyclic) bond motifs is 4. The van der Waals surface area contributed by atoms with Gasteiger partial charge in [0.15, 0.2) is 0 Å². The summed E-state index contributed by atoms with van der Waals surface area (Å²) in [5, 5.41) is 13.2. The summed E-state index contributed by atoms with van der Waals surface area (Å²) in [6, 6.07) is 17.3. The van der Waals surface area contributed by atoms with Crippen molar-refractivity contribution in [1.82, 2.24) is 9.88 Å². The molecule has 0 saturated carbocycles. The molecule has 37 heavy (non-hydrogen) atoms. The van der Waals surface area contributed by atoms with Gasteiger partial charge >= 0.3 is 0 Å². The van der Waals surface area contributed by atoms with Crippen LogP contribution in [0.4, 0.5) is 5.69 Å². The van der Waals surface area contributed by atoms with Gasteiger partial charge in [0.05, 0.1) is 12.3 Å². The van der Waals surface area contributed by atoms with E-state index >= 15 is 0 Å². The number of carbonyl (C=O) groups is 1. The van der Waals surface area contributed by atoms with Gasteiger partial charge in [-0.05, 0) is 81.0 Å². The quantitative estimate of drug-likeness (QED) is 0.313. The highest BCUT2D eigenvalue weighted by molar-refractivity contribution is 6.22. The second-order valence-corrected chi connectivity index (χ2v) is 11.3. The lowest BCUT2D eigenvalue weighted by Gasteiger charge is -2.28. The lowest BCUT2D eigenvalue weighted by molar-refractivity contribution is 0.0984. The average Bonchev–Trinajstić information content (AvgIpc) is 3.50. The smallest absolute Gasteiger partial charge is 0.274 e. The summed E-state index contributed by atoms with van der Waals surface area (Å²) in [7, 11) is 2.16. The molecule has 2 N–H and O–H groups in total. The number of likely N-dealkylation sites (tertiary alicyclic amines) is 1. The van der Waals surface area contributed by atoms with Gasteiger partial charge < -0.3 is 24.6 Å². The number of hydrogen-bond donors (Lipinski definition) is 2. The predicted octanol–water partition coefficient (Wildman–Crippen LogP) is 6.12. The summed E-state index contributed by atoms with van der Waals surface area (Å²) in [5.74, 6) is 1.40. The van der Waals surface area contributed by atoms with Gasteiger partial charge in [0.25, 0.3) is 5.91 Å². The Bertz CT molecular complexity index is 1470.